The quantitative estimate of drug-likeness (QED) is 0.604. The fourth-order valence-corrected chi connectivity index (χ4v) is 1.05. The molecular weight excluding hydrogens is 142 g/mol. The van der Waals surface area contributed by atoms with Gasteiger partial charge in [0.2, 0.25) is 0 Å². The molecular formula is C7H7N3O. The minimum Gasteiger partial charge on any atom is -0.364 e. The van der Waals surface area contributed by atoms with Gasteiger partial charge in [0.15, 0.2) is 0 Å². The lowest BCUT2D eigenvalue weighted by Gasteiger charge is -1.82. The Hall–Kier alpha value is -1.71. The minimum atomic E-state index is -0.436. The van der Waals surface area contributed by atoms with E-state index in [0.717, 1.165) is 5.65 Å². The Morgan fingerprint density at radius 3 is 3.09 bits per heavy atom. The van der Waals surface area contributed by atoms with Crippen LogP contribution in [0.1, 0.15) is 10.5 Å². The van der Waals surface area contributed by atoms with Crippen molar-refractivity contribution in [3.8, 4) is 0 Å². The zero-order chi connectivity index (χ0) is 7.84. The lowest BCUT2D eigenvalue weighted by Crippen LogP contribution is -2.10. The summed E-state index contributed by atoms with van der Waals surface area (Å²) >= 11 is 0. The third-order valence-electron chi connectivity index (χ3n) is 1.58. The number of amides is 1. The van der Waals surface area contributed by atoms with Gasteiger partial charge in [-0.1, -0.05) is 0 Å². The smallest absolute Gasteiger partial charge is 0.266 e. The third-order valence-corrected chi connectivity index (χ3v) is 1.58. The van der Waals surface area contributed by atoms with Crippen LogP contribution >= 0.6 is 0 Å². The van der Waals surface area contributed by atoms with Gasteiger partial charge in [0, 0.05) is 12.4 Å². The number of rotatable bonds is 1. The molecule has 0 aromatic carbocycles. The maximum absolute atomic E-state index is 10.6. The van der Waals surface area contributed by atoms with Gasteiger partial charge in [-0.05, 0) is 12.1 Å². The molecule has 4 nitrogen and oxygen atoms in total. The Balaban J connectivity index is 2.67. The molecule has 0 unspecified atom stereocenters. The number of nitrogens with two attached hydrogens (primary N) is 1. The van der Waals surface area contributed by atoms with Gasteiger partial charge >= 0.3 is 0 Å². The van der Waals surface area contributed by atoms with Crippen molar-refractivity contribution in [2.45, 2.75) is 0 Å². The summed E-state index contributed by atoms with van der Waals surface area (Å²) in [4.78, 5) is 13.5. The van der Waals surface area contributed by atoms with Gasteiger partial charge in [0.05, 0.1) is 0 Å². The number of hydrogen-bond acceptors (Lipinski definition) is 1. The summed E-state index contributed by atoms with van der Waals surface area (Å²) in [5, 5.41) is 0. The Morgan fingerprint density at radius 2 is 2.45 bits per heavy atom. The van der Waals surface area contributed by atoms with E-state index in [2.05, 4.69) is 4.98 Å². The van der Waals surface area contributed by atoms with Crippen LogP contribution in [0.5, 0.6) is 0 Å². The van der Waals surface area contributed by atoms with Gasteiger partial charge in [-0.2, -0.15) is 0 Å². The predicted molar refractivity (Wildman–Crippen MR) is 40.3 cm³/mol. The number of carbonyl (C=O) groups is 1. The Bertz CT molecular complexity index is 370. The second-order valence-electron chi connectivity index (χ2n) is 2.33. The molecule has 0 aliphatic heterocycles. The SMILES string of the molecule is NC(=O)c1cn2cccc2[nH]1. The summed E-state index contributed by atoms with van der Waals surface area (Å²) in [5.74, 6) is -0.436. The number of aromatic amines is 1. The third kappa shape index (κ3) is 0.797. The van der Waals surface area contributed by atoms with E-state index in [0.29, 0.717) is 5.69 Å². The minimum absolute atomic E-state index is 0.431. The largest absolute Gasteiger partial charge is 0.364 e. The number of hydrogen-bond donors (Lipinski definition) is 2. The number of H-pyrrole nitrogens is 1. The van der Waals surface area contributed by atoms with Crippen LogP contribution in [0, 0.1) is 0 Å². The topological polar surface area (TPSA) is 63.3 Å². The van der Waals surface area contributed by atoms with Crippen molar-refractivity contribution in [2.75, 3.05) is 0 Å². The van der Waals surface area contributed by atoms with Crippen molar-refractivity contribution in [3.63, 3.8) is 0 Å². The first-order valence-electron chi connectivity index (χ1n) is 3.23. The van der Waals surface area contributed by atoms with Crippen LogP contribution in [-0.2, 0) is 0 Å². The lowest BCUT2D eigenvalue weighted by molar-refractivity contribution is 0.0996. The molecule has 2 aromatic rings. The van der Waals surface area contributed by atoms with E-state index >= 15 is 0 Å². The second kappa shape index (κ2) is 1.88. The molecule has 0 radical (unpaired) electrons. The first-order valence-corrected chi connectivity index (χ1v) is 3.23. The highest BCUT2D eigenvalue weighted by atomic mass is 16.1. The molecule has 0 saturated carbocycles. The molecule has 0 aliphatic rings. The molecule has 0 saturated heterocycles. The summed E-state index contributed by atoms with van der Waals surface area (Å²) in [5.41, 5.74) is 6.36. The molecule has 0 fully saturated rings. The van der Waals surface area contributed by atoms with Crippen molar-refractivity contribution in [1.82, 2.24) is 9.38 Å². The number of fused-ring (bicyclic) bond motifs is 1. The van der Waals surface area contributed by atoms with E-state index in [4.69, 9.17) is 5.73 Å². The highest BCUT2D eigenvalue weighted by molar-refractivity contribution is 5.91. The van der Waals surface area contributed by atoms with Gasteiger partial charge in [0.1, 0.15) is 11.3 Å². The molecule has 0 spiro atoms. The molecule has 1 amide bonds. The average molecular weight is 149 g/mol. The fourth-order valence-electron chi connectivity index (χ4n) is 1.05. The zero-order valence-electron chi connectivity index (χ0n) is 5.74. The molecule has 56 valence electrons. The van der Waals surface area contributed by atoms with Crippen LogP contribution < -0.4 is 5.73 Å². The summed E-state index contributed by atoms with van der Waals surface area (Å²) < 4.78 is 1.81. The van der Waals surface area contributed by atoms with Crippen LogP contribution in [0.3, 0.4) is 0 Å². The van der Waals surface area contributed by atoms with Crippen LogP contribution in [0.4, 0.5) is 0 Å². The summed E-state index contributed by atoms with van der Waals surface area (Å²) in [6.45, 7) is 0. The summed E-state index contributed by atoms with van der Waals surface area (Å²) in [6.07, 6.45) is 3.51. The monoisotopic (exact) mass is 149 g/mol. The van der Waals surface area contributed by atoms with E-state index in [-0.39, 0.29) is 0 Å². The average Bonchev–Trinajstić information content (AvgIpc) is 2.40. The van der Waals surface area contributed by atoms with Gasteiger partial charge in [0.25, 0.3) is 5.91 Å². The Labute approximate surface area is 62.6 Å². The summed E-state index contributed by atoms with van der Waals surface area (Å²) in [7, 11) is 0. The van der Waals surface area contributed by atoms with Gasteiger partial charge in [-0.15, -0.1) is 0 Å². The van der Waals surface area contributed by atoms with Crippen LogP contribution in [0.25, 0.3) is 5.65 Å². The molecule has 4 heteroatoms. The summed E-state index contributed by atoms with van der Waals surface area (Å²) in [6, 6.07) is 3.75. The number of carbonyl (C=O) groups excluding carboxylic acids is 1. The number of imidazole rings is 1. The van der Waals surface area contributed by atoms with E-state index < -0.39 is 5.91 Å². The molecule has 0 atom stereocenters. The van der Waals surface area contributed by atoms with Gasteiger partial charge < -0.3 is 15.1 Å². The fraction of sp³-hybridized carbons (Fsp3) is 0. The normalized spacial score (nSPS) is 10.5. The number of aromatic nitrogens is 2. The predicted octanol–water partition coefficient (Wildman–Crippen LogP) is 0.366. The Morgan fingerprint density at radius 1 is 1.64 bits per heavy atom. The van der Waals surface area contributed by atoms with Crippen molar-refractivity contribution >= 4 is 11.6 Å². The zero-order valence-corrected chi connectivity index (χ0v) is 5.74. The van der Waals surface area contributed by atoms with Crippen LogP contribution in [0.2, 0.25) is 0 Å². The molecule has 3 N–H and O–H groups in total. The molecule has 0 bridgehead atoms. The first kappa shape index (κ1) is 6.03. The van der Waals surface area contributed by atoms with E-state index in [1.807, 2.05) is 18.3 Å². The van der Waals surface area contributed by atoms with E-state index in [1.165, 1.54) is 0 Å². The van der Waals surface area contributed by atoms with Crippen molar-refractivity contribution in [2.24, 2.45) is 5.73 Å². The highest BCUT2D eigenvalue weighted by Gasteiger charge is 2.03. The van der Waals surface area contributed by atoms with Gasteiger partial charge in [-0.3, -0.25) is 4.79 Å². The van der Waals surface area contributed by atoms with Crippen molar-refractivity contribution < 1.29 is 4.79 Å². The van der Waals surface area contributed by atoms with Crippen molar-refractivity contribution in [3.05, 3.63) is 30.2 Å². The first-order chi connectivity index (χ1) is 5.27. The molecule has 0 aliphatic carbocycles. The number of nitrogens with one attached hydrogen (secondary N) is 1. The molecule has 2 heterocycles. The van der Waals surface area contributed by atoms with Crippen LogP contribution in [-0.4, -0.2) is 15.3 Å². The molecule has 2 rings (SSSR count). The number of primary amides is 1. The Kier molecular flexibility index (Phi) is 1.03. The van der Waals surface area contributed by atoms with Crippen LogP contribution in [0.15, 0.2) is 24.5 Å². The second-order valence-corrected chi connectivity index (χ2v) is 2.33. The van der Waals surface area contributed by atoms with Crippen molar-refractivity contribution in [1.29, 1.82) is 0 Å². The maximum atomic E-state index is 10.6. The van der Waals surface area contributed by atoms with E-state index in [1.54, 1.807) is 10.6 Å². The van der Waals surface area contributed by atoms with Gasteiger partial charge in [-0.25, -0.2) is 0 Å². The highest BCUT2D eigenvalue weighted by Crippen LogP contribution is 2.03. The molecule has 11 heavy (non-hydrogen) atoms. The van der Waals surface area contributed by atoms with E-state index in [9.17, 15) is 4.79 Å². The molecule has 2 aromatic heterocycles. The lowest BCUT2D eigenvalue weighted by atomic mass is 10.5. The maximum Gasteiger partial charge on any atom is 0.266 e. The number of nitrogens with zero attached hydrogens (tertiary/aromatic N) is 1. The standard InChI is InChI=1S/C7H7N3O/c8-7(11)5-4-10-3-1-2-6(10)9-5/h1-4,9H,(H2,8,11).